The van der Waals surface area contributed by atoms with Crippen LogP contribution in [0.3, 0.4) is 0 Å². The Morgan fingerprint density at radius 3 is 2.37 bits per heavy atom. The van der Waals surface area contributed by atoms with Crippen molar-refractivity contribution >= 4 is 27.5 Å². The summed E-state index contributed by atoms with van der Waals surface area (Å²) in [5.74, 6) is 0.677. The molecule has 0 bridgehead atoms. The van der Waals surface area contributed by atoms with Gasteiger partial charge in [0.05, 0.1) is 35.7 Å². The number of rotatable bonds is 7. The van der Waals surface area contributed by atoms with E-state index in [2.05, 4.69) is 5.32 Å². The first-order valence-corrected chi connectivity index (χ1v) is 11.4. The van der Waals surface area contributed by atoms with Crippen LogP contribution in [-0.4, -0.2) is 45.9 Å². The molecule has 1 atom stereocenters. The van der Waals surface area contributed by atoms with E-state index in [4.69, 9.17) is 21.1 Å². The van der Waals surface area contributed by atoms with E-state index in [-0.39, 0.29) is 21.5 Å². The number of ether oxygens (including phenoxy) is 2. The van der Waals surface area contributed by atoms with Gasteiger partial charge >= 0.3 is 0 Å². The Morgan fingerprint density at radius 2 is 1.73 bits per heavy atom. The van der Waals surface area contributed by atoms with Crippen molar-refractivity contribution in [1.82, 2.24) is 9.62 Å². The molecule has 3 rings (SSSR count). The van der Waals surface area contributed by atoms with Gasteiger partial charge in [0.25, 0.3) is 5.91 Å². The highest BCUT2D eigenvalue weighted by Gasteiger charge is 2.28. The maximum Gasteiger partial charge on any atom is 0.253 e. The van der Waals surface area contributed by atoms with Crippen molar-refractivity contribution in [2.75, 3.05) is 27.3 Å². The zero-order valence-corrected chi connectivity index (χ0v) is 18.7. The van der Waals surface area contributed by atoms with Crippen molar-refractivity contribution in [2.24, 2.45) is 0 Å². The Balaban J connectivity index is 1.83. The summed E-state index contributed by atoms with van der Waals surface area (Å²) in [5, 5.41) is 3.05. The minimum atomic E-state index is -3.64. The van der Waals surface area contributed by atoms with E-state index in [1.165, 1.54) is 29.6 Å². The topological polar surface area (TPSA) is 84.9 Å². The van der Waals surface area contributed by atoms with Gasteiger partial charge in [-0.05, 0) is 55.7 Å². The SMILES string of the molecule is COc1ccc([C@@H](C)NC(=O)c2cc(S(=O)(=O)N3CCCC3)ccc2Cl)cc1OC. The average Bonchev–Trinajstić information content (AvgIpc) is 3.29. The molecule has 1 aliphatic rings. The van der Waals surface area contributed by atoms with E-state index in [1.807, 2.05) is 13.0 Å². The smallest absolute Gasteiger partial charge is 0.253 e. The first-order valence-electron chi connectivity index (χ1n) is 9.60. The van der Waals surface area contributed by atoms with E-state index in [9.17, 15) is 13.2 Å². The molecule has 1 N–H and O–H groups in total. The van der Waals surface area contributed by atoms with Gasteiger partial charge in [0.15, 0.2) is 11.5 Å². The number of hydrogen-bond donors (Lipinski definition) is 1. The summed E-state index contributed by atoms with van der Waals surface area (Å²) in [5.41, 5.74) is 0.919. The lowest BCUT2D eigenvalue weighted by atomic mass is 10.1. The molecule has 0 saturated carbocycles. The number of amides is 1. The summed E-state index contributed by atoms with van der Waals surface area (Å²) < 4.78 is 37.6. The van der Waals surface area contributed by atoms with E-state index in [1.54, 1.807) is 19.2 Å². The number of carbonyl (C=O) groups excluding carboxylic acids is 1. The van der Waals surface area contributed by atoms with E-state index in [0.717, 1.165) is 18.4 Å². The van der Waals surface area contributed by atoms with Gasteiger partial charge in [-0.2, -0.15) is 4.31 Å². The monoisotopic (exact) mass is 452 g/mol. The molecule has 0 unspecified atom stereocenters. The Bertz CT molecular complexity index is 1040. The number of carbonyl (C=O) groups is 1. The Hall–Kier alpha value is -2.29. The fraction of sp³-hybridized carbons (Fsp3) is 0.381. The van der Waals surface area contributed by atoms with Crippen LogP contribution in [-0.2, 0) is 10.0 Å². The molecular weight excluding hydrogens is 428 g/mol. The molecule has 1 fully saturated rings. The highest BCUT2D eigenvalue weighted by atomic mass is 35.5. The average molecular weight is 453 g/mol. The molecule has 2 aromatic rings. The zero-order valence-electron chi connectivity index (χ0n) is 17.1. The molecule has 9 heteroatoms. The Kier molecular flexibility index (Phi) is 6.90. The second-order valence-electron chi connectivity index (χ2n) is 7.06. The molecule has 1 amide bonds. The summed E-state index contributed by atoms with van der Waals surface area (Å²) >= 11 is 6.21. The van der Waals surface area contributed by atoms with Crippen LogP contribution in [0.2, 0.25) is 5.02 Å². The van der Waals surface area contributed by atoms with E-state index < -0.39 is 15.9 Å². The third-order valence-electron chi connectivity index (χ3n) is 5.14. The van der Waals surface area contributed by atoms with Crippen LogP contribution in [0.15, 0.2) is 41.3 Å². The molecule has 162 valence electrons. The summed E-state index contributed by atoms with van der Waals surface area (Å²) in [6.45, 7) is 2.80. The van der Waals surface area contributed by atoms with Crippen molar-refractivity contribution < 1.29 is 22.7 Å². The van der Waals surface area contributed by atoms with Crippen LogP contribution in [0.5, 0.6) is 11.5 Å². The number of hydrogen-bond acceptors (Lipinski definition) is 5. The molecule has 0 aliphatic carbocycles. The lowest BCUT2D eigenvalue weighted by Crippen LogP contribution is -2.29. The van der Waals surface area contributed by atoms with Crippen molar-refractivity contribution in [1.29, 1.82) is 0 Å². The van der Waals surface area contributed by atoms with Gasteiger partial charge < -0.3 is 14.8 Å². The van der Waals surface area contributed by atoms with Crippen LogP contribution in [0, 0.1) is 0 Å². The molecule has 0 aromatic heterocycles. The second-order valence-corrected chi connectivity index (χ2v) is 9.41. The summed E-state index contributed by atoms with van der Waals surface area (Å²) in [4.78, 5) is 12.9. The number of sulfonamides is 1. The third-order valence-corrected chi connectivity index (χ3v) is 7.36. The van der Waals surface area contributed by atoms with Crippen molar-refractivity contribution in [3.63, 3.8) is 0 Å². The zero-order chi connectivity index (χ0) is 21.9. The molecule has 1 saturated heterocycles. The lowest BCUT2D eigenvalue weighted by molar-refractivity contribution is 0.0939. The molecule has 7 nitrogen and oxygen atoms in total. The van der Waals surface area contributed by atoms with Crippen molar-refractivity contribution in [3.05, 3.63) is 52.5 Å². The third kappa shape index (κ3) is 4.55. The first-order chi connectivity index (χ1) is 14.3. The van der Waals surface area contributed by atoms with Crippen LogP contribution in [0.25, 0.3) is 0 Å². The van der Waals surface area contributed by atoms with Crippen LogP contribution >= 0.6 is 11.6 Å². The van der Waals surface area contributed by atoms with E-state index in [0.29, 0.717) is 24.6 Å². The molecule has 2 aromatic carbocycles. The predicted octanol–water partition coefficient (Wildman–Crippen LogP) is 3.63. The minimum absolute atomic E-state index is 0.0673. The largest absolute Gasteiger partial charge is 0.493 e. The van der Waals surface area contributed by atoms with Crippen LogP contribution < -0.4 is 14.8 Å². The van der Waals surface area contributed by atoms with Gasteiger partial charge in [-0.1, -0.05) is 17.7 Å². The predicted molar refractivity (Wildman–Crippen MR) is 115 cm³/mol. The lowest BCUT2D eigenvalue weighted by Gasteiger charge is -2.18. The maximum atomic E-state index is 12.9. The van der Waals surface area contributed by atoms with E-state index >= 15 is 0 Å². The quantitative estimate of drug-likeness (QED) is 0.693. The molecule has 30 heavy (non-hydrogen) atoms. The van der Waals surface area contributed by atoms with Gasteiger partial charge in [-0.15, -0.1) is 0 Å². The number of nitrogens with zero attached hydrogens (tertiary/aromatic N) is 1. The number of nitrogens with one attached hydrogen (secondary N) is 1. The summed E-state index contributed by atoms with van der Waals surface area (Å²) in [6.07, 6.45) is 1.67. The number of halogens is 1. The Morgan fingerprint density at radius 1 is 1.07 bits per heavy atom. The van der Waals surface area contributed by atoms with Crippen molar-refractivity contribution in [2.45, 2.75) is 30.7 Å². The van der Waals surface area contributed by atoms with Crippen LogP contribution in [0.4, 0.5) is 0 Å². The molecule has 1 heterocycles. The number of methoxy groups -OCH3 is 2. The van der Waals surface area contributed by atoms with Gasteiger partial charge in [0, 0.05) is 13.1 Å². The highest BCUT2D eigenvalue weighted by Crippen LogP contribution is 2.30. The van der Waals surface area contributed by atoms with Gasteiger partial charge in [-0.25, -0.2) is 8.42 Å². The summed E-state index contributed by atoms with van der Waals surface area (Å²) in [7, 11) is -0.556. The number of benzene rings is 2. The normalized spacial score (nSPS) is 15.6. The molecular formula is C21H25ClN2O5S. The molecule has 0 spiro atoms. The van der Waals surface area contributed by atoms with Gasteiger partial charge in [0.2, 0.25) is 10.0 Å². The fourth-order valence-corrected chi connectivity index (χ4v) is 5.14. The van der Waals surface area contributed by atoms with Crippen molar-refractivity contribution in [3.8, 4) is 11.5 Å². The van der Waals surface area contributed by atoms with Crippen LogP contribution in [0.1, 0.15) is 41.7 Å². The molecule has 1 aliphatic heterocycles. The Labute approximate surface area is 182 Å². The molecule has 0 radical (unpaired) electrons. The highest BCUT2D eigenvalue weighted by molar-refractivity contribution is 7.89. The minimum Gasteiger partial charge on any atom is -0.493 e. The fourth-order valence-electron chi connectivity index (χ4n) is 3.40. The first kappa shape index (κ1) is 22.4. The standard InChI is InChI=1S/C21H25ClN2O5S/c1-14(15-6-9-19(28-2)20(12-15)29-3)23-21(25)17-13-16(7-8-18(17)22)30(26,27)24-10-4-5-11-24/h6-9,12-14H,4-5,10-11H2,1-3H3,(H,23,25)/t14-/m1/s1. The summed E-state index contributed by atoms with van der Waals surface area (Å²) in [6, 6.07) is 9.21. The van der Waals surface area contributed by atoms with Gasteiger partial charge in [-0.3, -0.25) is 4.79 Å². The second kappa shape index (κ2) is 9.24. The maximum absolute atomic E-state index is 12.9. The van der Waals surface area contributed by atoms with Gasteiger partial charge in [0.1, 0.15) is 0 Å².